The van der Waals surface area contributed by atoms with Gasteiger partial charge in [0.1, 0.15) is 10.6 Å². The van der Waals surface area contributed by atoms with Gasteiger partial charge < -0.3 is 20.3 Å². The van der Waals surface area contributed by atoms with Crippen LogP contribution >= 0.6 is 22.9 Å². The molecule has 0 saturated carbocycles. The average molecular weight is 581 g/mol. The van der Waals surface area contributed by atoms with Crippen molar-refractivity contribution in [2.75, 3.05) is 55.9 Å². The van der Waals surface area contributed by atoms with Crippen molar-refractivity contribution in [1.29, 1.82) is 0 Å². The number of anilines is 3. The van der Waals surface area contributed by atoms with E-state index >= 15 is 0 Å². The topological polar surface area (TPSA) is 73.9 Å². The van der Waals surface area contributed by atoms with Crippen molar-refractivity contribution >= 4 is 51.8 Å². The number of thiophene rings is 1. The maximum absolute atomic E-state index is 13.5. The lowest BCUT2D eigenvalue weighted by atomic mass is 10.2. The van der Waals surface area contributed by atoms with Crippen molar-refractivity contribution in [3.8, 4) is 16.2 Å². The molecule has 0 bridgehead atoms. The number of methoxy groups -OCH3 is 1. The number of carbonyl (C=O) groups is 2. The summed E-state index contributed by atoms with van der Waals surface area (Å²) in [4.78, 5) is 29.5. The molecule has 2 aromatic carbocycles. The minimum absolute atomic E-state index is 0.0194. The normalized spacial score (nSPS) is 13.8. The summed E-state index contributed by atoms with van der Waals surface area (Å²) in [6, 6.07) is 13.3. The summed E-state index contributed by atoms with van der Waals surface area (Å²) < 4.78 is 45.7. The molecule has 0 atom stereocenters. The fraction of sp³-hybridized carbons (Fsp3) is 0.333. The Morgan fingerprint density at radius 2 is 1.79 bits per heavy atom. The zero-order valence-corrected chi connectivity index (χ0v) is 23.0. The number of carbonyl (C=O) groups excluding carboxylic acids is 2. The molecule has 4 rings (SSSR count). The summed E-state index contributed by atoms with van der Waals surface area (Å²) in [7, 11) is 3.01. The van der Waals surface area contributed by atoms with Crippen LogP contribution < -0.4 is 20.3 Å². The van der Waals surface area contributed by atoms with Crippen LogP contribution in [0.2, 0.25) is 5.02 Å². The van der Waals surface area contributed by atoms with Crippen LogP contribution in [0.1, 0.15) is 22.5 Å². The first kappa shape index (κ1) is 28.7. The Balaban J connectivity index is 1.57. The monoisotopic (exact) mass is 580 g/mol. The van der Waals surface area contributed by atoms with Gasteiger partial charge >= 0.3 is 12.1 Å². The fourth-order valence-electron chi connectivity index (χ4n) is 4.40. The lowest BCUT2D eigenvalue weighted by Crippen LogP contribution is -2.45. The molecule has 0 radical (unpaired) electrons. The molecule has 1 fully saturated rings. The van der Waals surface area contributed by atoms with Gasteiger partial charge in [-0.3, -0.25) is 14.5 Å². The van der Waals surface area contributed by atoms with Crippen LogP contribution in [0.25, 0.3) is 10.4 Å². The number of ether oxygens (including phenoxy) is 1. The van der Waals surface area contributed by atoms with E-state index in [-0.39, 0.29) is 18.0 Å². The van der Waals surface area contributed by atoms with Crippen LogP contribution in [0, 0.1) is 0 Å². The summed E-state index contributed by atoms with van der Waals surface area (Å²) in [5.74, 6) is -2.34. The molecule has 1 aliphatic heterocycles. The van der Waals surface area contributed by atoms with Gasteiger partial charge in [-0.2, -0.15) is 13.2 Å². The van der Waals surface area contributed by atoms with E-state index in [2.05, 4.69) is 10.6 Å². The number of nitrogens with zero attached hydrogens (tertiary/aromatic N) is 2. The summed E-state index contributed by atoms with van der Waals surface area (Å²) in [5.41, 5.74) is 1.81. The van der Waals surface area contributed by atoms with Gasteiger partial charge in [-0.05, 0) is 61.8 Å². The van der Waals surface area contributed by atoms with Gasteiger partial charge in [0.15, 0.2) is 0 Å². The third-order valence-corrected chi connectivity index (χ3v) is 7.83. The largest absolute Gasteiger partial charge is 0.494 e. The van der Waals surface area contributed by atoms with Crippen molar-refractivity contribution in [3.05, 3.63) is 58.4 Å². The van der Waals surface area contributed by atoms with Gasteiger partial charge in [0.05, 0.1) is 18.5 Å². The lowest BCUT2D eigenvalue weighted by molar-refractivity contribution is -0.170. The third kappa shape index (κ3) is 6.84. The first-order valence-electron chi connectivity index (χ1n) is 12.3. The number of halogens is 4. The van der Waals surface area contributed by atoms with E-state index in [1.165, 1.54) is 36.6 Å². The molecule has 2 heterocycles. The Labute approximate surface area is 233 Å². The van der Waals surface area contributed by atoms with Crippen LogP contribution in [-0.4, -0.2) is 63.2 Å². The Hall–Kier alpha value is -3.28. The van der Waals surface area contributed by atoms with Crippen LogP contribution in [0.4, 0.5) is 30.2 Å². The van der Waals surface area contributed by atoms with Gasteiger partial charge in [-0.25, -0.2) is 0 Å². The Bertz CT molecular complexity index is 1320. The average Bonchev–Trinajstić information content (AvgIpc) is 3.59. The quantitative estimate of drug-likeness (QED) is 0.308. The molecule has 1 aliphatic rings. The number of likely N-dealkylation sites (tertiary alicyclic amines) is 1. The molecule has 3 aromatic rings. The van der Waals surface area contributed by atoms with Crippen LogP contribution in [0.3, 0.4) is 0 Å². The van der Waals surface area contributed by atoms with E-state index in [0.29, 0.717) is 32.7 Å². The SMILES string of the molecule is CNc1cc(-c2ccc(Cl)cc2)sc1C(=O)Nc1ccc(N(CCN2CCCC2)C(=O)C(F)(F)F)c(OC)c1. The predicted molar refractivity (Wildman–Crippen MR) is 149 cm³/mol. The van der Waals surface area contributed by atoms with Crippen molar-refractivity contribution in [1.82, 2.24) is 4.90 Å². The van der Waals surface area contributed by atoms with Gasteiger partial charge in [-0.15, -0.1) is 11.3 Å². The first-order valence-corrected chi connectivity index (χ1v) is 13.5. The maximum atomic E-state index is 13.5. The molecule has 1 aromatic heterocycles. The molecule has 2 amide bonds. The lowest BCUT2D eigenvalue weighted by Gasteiger charge is -2.27. The molecule has 2 N–H and O–H groups in total. The summed E-state index contributed by atoms with van der Waals surface area (Å²) in [6.07, 6.45) is -3.09. The highest BCUT2D eigenvalue weighted by Gasteiger charge is 2.43. The second kappa shape index (κ2) is 12.3. The van der Waals surface area contributed by atoms with Gasteiger partial charge in [0.2, 0.25) is 0 Å². The van der Waals surface area contributed by atoms with Crippen LogP contribution in [0.15, 0.2) is 48.5 Å². The summed E-state index contributed by atoms with van der Waals surface area (Å²) >= 11 is 7.27. The van der Waals surface area contributed by atoms with E-state index in [9.17, 15) is 22.8 Å². The summed E-state index contributed by atoms with van der Waals surface area (Å²) in [6.45, 7) is 1.74. The van der Waals surface area contributed by atoms with Crippen molar-refractivity contribution < 1.29 is 27.5 Å². The minimum Gasteiger partial charge on any atom is -0.494 e. The zero-order chi connectivity index (χ0) is 28.2. The predicted octanol–water partition coefficient (Wildman–Crippen LogP) is 6.36. The van der Waals surface area contributed by atoms with E-state index in [1.54, 1.807) is 19.2 Å². The van der Waals surface area contributed by atoms with E-state index in [1.807, 2.05) is 23.1 Å². The minimum atomic E-state index is -5.05. The zero-order valence-electron chi connectivity index (χ0n) is 21.4. The number of benzene rings is 2. The van der Waals surface area contributed by atoms with Gasteiger partial charge in [0.25, 0.3) is 5.91 Å². The maximum Gasteiger partial charge on any atom is 0.471 e. The highest BCUT2D eigenvalue weighted by molar-refractivity contribution is 7.18. The first-order chi connectivity index (χ1) is 18.6. The fourth-order valence-corrected chi connectivity index (χ4v) is 5.59. The molecule has 7 nitrogen and oxygen atoms in total. The standard InChI is InChI=1S/C27H28ClF3N4O3S/c1-32-20-16-23(17-5-7-18(28)8-6-17)39-24(20)25(36)33-19-9-10-21(22(15-19)38-2)35(26(37)27(29,30)31)14-13-34-11-3-4-12-34/h5-10,15-16,32H,3-4,11-14H2,1-2H3,(H,33,36). The number of rotatable bonds is 9. The van der Waals surface area contributed by atoms with Crippen molar-refractivity contribution in [2.45, 2.75) is 19.0 Å². The Morgan fingerprint density at radius 1 is 1.10 bits per heavy atom. The molecular formula is C27H28ClF3N4O3S. The van der Waals surface area contributed by atoms with E-state index in [4.69, 9.17) is 16.3 Å². The molecule has 39 heavy (non-hydrogen) atoms. The van der Waals surface area contributed by atoms with Crippen molar-refractivity contribution in [3.63, 3.8) is 0 Å². The van der Waals surface area contributed by atoms with E-state index < -0.39 is 18.0 Å². The second-order valence-electron chi connectivity index (χ2n) is 8.95. The van der Waals surface area contributed by atoms with Gasteiger partial charge in [0, 0.05) is 41.8 Å². The van der Waals surface area contributed by atoms with Gasteiger partial charge in [-0.1, -0.05) is 23.7 Å². The van der Waals surface area contributed by atoms with Crippen LogP contribution in [-0.2, 0) is 4.79 Å². The Morgan fingerprint density at radius 3 is 2.41 bits per heavy atom. The second-order valence-corrected chi connectivity index (χ2v) is 10.4. The molecule has 12 heteroatoms. The molecule has 0 unspecified atom stereocenters. The smallest absolute Gasteiger partial charge is 0.471 e. The molecule has 0 spiro atoms. The van der Waals surface area contributed by atoms with Crippen LogP contribution in [0.5, 0.6) is 5.75 Å². The highest BCUT2D eigenvalue weighted by atomic mass is 35.5. The molecular weight excluding hydrogens is 553 g/mol. The molecule has 1 saturated heterocycles. The third-order valence-electron chi connectivity index (χ3n) is 6.39. The highest BCUT2D eigenvalue weighted by Crippen LogP contribution is 2.37. The number of amides is 2. The molecule has 0 aliphatic carbocycles. The van der Waals surface area contributed by atoms with Crippen molar-refractivity contribution in [2.24, 2.45) is 0 Å². The molecule has 208 valence electrons. The Kier molecular flexibility index (Phi) is 9.04. The number of nitrogens with one attached hydrogen (secondary N) is 2. The number of alkyl halides is 3. The summed E-state index contributed by atoms with van der Waals surface area (Å²) in [5, 5.41) is 6.40. The number of hydrogen-bond acceptors (Lipinski definition) is 6. The van der Waals surface area contributed by atoms with E-state index in [0.717, 1.165) is 36.4 Å². The number of hydrogen-bond donors (Lipinski definition) is 2.